The molecule has 1 aliphatic heterocycles. The van der Waals surface area contributed by atoms with E-state index in [1.54, 1.807) is 13.3 Å². The maximum absolute atomic E-state index is 5.49. The third kappa shape index (κ3) is 2.50. The Kier molecular flexibility index (Phi) is 3.62. The number of nitrogens with zero attached hydrogens (tertiary/aromatic N) is 2. The van der Waals surface area contributed by atoms with Gasteiger partial charge in [-0.3, -0.25) is 4.68 Å². The number of hydrogen-bond donors (Lipinski definition) is 1. The molecule has 1 N–H and O–H groups in total. The van der Waals surface area contributed by atoms with Crippen LogP contribution in [-0.4, -0.2) is 22.9 Å². The summed E-state index contributed by atoms with van der Waals surface area (Å²) >= 11 is 0. The number of rotatable bonds is 3. The van der Waals surface area contributed by atoms with E-state index in [1.807, 2.05) is 4.68 Å². The molecular formula is C17H23N3O. The second-order valence-corrected chi connectivity index (χ2v) is 6.06. The first-order valence-electron chi connectivity index (χ1n) is 7.61. The Balaban J connectivity index is 2.07. The highest BCUT2D eigenvalue weighted by atomic mass is 16.5. The molecular weight excluding hydrogens is 262 g/mol. The molecule has 0 amide bonds. The molecule has 21 heavy (non-hydrogen) atoms. The van der Waals surface area contributed by atoms with Gasteiger partial charge in [0.1, 0.15) is 5.69 Å². The van der Waals surface area contributed by atoms with Crippen molar-refractivity contribution in [1.29, 1.82) is 0 Å². The van der Waals surface area contributed by atoms with Gasteiger partial charge in [0.2, 0.25) is 0 Å². The summed E-state index contributed by atoms with van der Waals surface area (Å²) in [6, 6.07) is 7.46. The predicted octanol–water partition coefficient (Wildman–Crippen LogP) is 3.89. The number of hydrogen-bond acceptors (Lipinski definition) is 3. The van der Waals surface area contributed by atoms with Crippen LogP contribution in [0.25, 0.3) is 11.3 Å². The van der Waals surface area contributed by atoms with Crippen LogP contribution in [0.5, 0.6) is 5.75 Å². The van der Waals surface area contributed by atoms with Crippen LogP contribution in [0.1, 0.15) is 38.8 Å². The lowest BCUT2D eigenvalue weighted by Gasteiger charge is -2.25. The van der Waals surface area contributed by atoms with Gasteiger partial charge in [0.15, 0.2) is 5.75 Å². The van der Waals surface area contributed by atoms with E-state index < -0.39 is 0 Å². The molecule has 1 aromatic carbocycles. The molecule has 0 spiro atoms. The molecule has 1 aromatic heterocycles. The summed E-state index contributed by atoms with van der Waals surface area (Å²) in [5.41, 5.74) is 4.87. The molecule has 4 nitrogen and oxygen atoms in total. The van der Waals surface area contributed by atoms with E-state index in [2.05, 4.69) is 49.4 Å². The molecule has 2 heterocycles. The molecule has 0 aliphatic carbocycles. The van der Waals surface area contributed by atoms with Crippen LogP contribution in [0.4, 0.5) is 5.69 Å². The lowest BCUT2D eigenvalue weighted by molar-refractivity contribution is 0.415. The van der Waals surface area contributed by atoms with Gasteiger partial charge in [-0.05, 0) is 51.3 Å². The molecule has 112 valence electrons. The Bertz CT molecular complexity index is 645. The average Bonchev–Trinajstić information content (AvgIpc) is 2.90. The first kappa shape index (κ1) is 14.0. The summed E-state index contributed by atoms with van der Waals surface area (Å²) in [4.78, 5) is 0. The summed E-state index contributed by atoms with van der Waals surface area (Å²) in [7, 11) is 1.70. The van der Waals surface area contributed by atoms with Crippen molar-refractivity contribution in [3.8, 4) is 17.0 Å². The van der Waals surface area contributed by atoms with E-state index in [1.165, 1.54) is 23.2 Å². The van der Waals surface area contributed by atoms with Gasteiger partial charge in [0.05, 0.1) is 13.3 Å². The zero-order chi connectivity index (χ0) is 15.0. The number of benzene rings is 1. The van der Waals surface area contributed by atoms with E-state index in [0.29, 0.717) is 12.1 Å². The molecule has 0 radical (unpaired) electrons. The van der Waals surface area contributed by atoms with Gasteiger partial charge >= 0.3 is 0 Å². The second-order valence-electron chi connectivity index (χ2n) is 6.06. The Morgan fingerprint density at radius 3 is 2.90 bits per heavy atom. The van der Waals surface area contributed by atoms with Gasteiger partial charge in [-0.25, -0.2) is 0 Å². The van der Waals surface area contributed by atoms with E-state index >= 15 is 0 Å². The van der Waals surface area contributed by atoms with Crippen molar-refractivity contribution in [2.45, 2.75) is 45.7 Å². The van der Waals surface area contributed by atoms with Crippen LogP contribution in [-0.2, 0) is 6.42 Å². The smallest absolute Gasteiger partial charge is 0.164 e. The summed E-state index contributed by atoms with van der Waals surface area (Å²) in [6.45, 7) is 6.50. The highest BCUT2D eigenvalue weighted by Crippen LogP contribution is 2.35. The third-order valence-electron chi connectivity index (χ3n) is 4.10. The number of anilines is 1. The van der Waals surface area contributed by atoms with Crippen molar-refractivity contribution in [3.05, 3.63) is 30.0 Å². The van der Waals surface area contributed by atoms with E-state index in [0.717, 1.165) is 17.9 Å². The zero-order valence-corrected chi connectivity index (χ0v) is 13.2. The van der Waals surface area contributed by atoms with Crippen molar-refractivity contribution in [2.75, 3.05) is 12.4 Å². The molecule has 3 rings (SSSR count). The van der Waals surface area contributed by atoms with E-state index in [9.17, 15) is 0 Å². The number of nitrogens with one attached hydrogen (secondary N) is 1. The molecule has 2 aromatic rings. The average molecular weight is 285 g/mol. The third-order valence-corrected chi connectivity index (χ3v) is 4.10. The summed E-state index contributed by atoms with van der Waals surface area (Å²) in [6.07, 6.45) is 4.10. The van der Waals surface area contributed by atoms with Crippen molar-refractivity contribution >= 4 is 5.69 Å². The number of aromatic nitrogens is 2. The summed E-state index contributed by atoms with van der Waals surface area (Å²) < 4.78 is 7.52. The van der Waals surface area contributed by atoms with Gasteiger partial charge in [-0.2, -0.15) is 5.10 Å². The van der Waals surface area contributed by atoms with Crippen LogP contribution in [0.2, 0.25) is 0 Å². The fourth-order valence-electron chi connectivity index (χ4n) is 2.96. The van der Waals surface area contributed by atoms with E-state index in [4.69, 9.17) is 4.74 Å². The predicted molar refractivity (Wildman–Crippen MR) is 86.0 cm³/mol. The molecule has 0 fully saturated rings. The SMILES string of the molecule is COc1cnn(C(C)C)c1-c1ccc2c(c1)CCC(C)N2. The fourth-order valence-corrected chi connectivity index (χ4v) is 2.96. The Morgan fingerprint density at radius 1 is 1.38 bits per heavy atom. The lowest BCUT2D eigenvalue weighted by atomic mass is 9.96. The molecule has 1 unspecified atom stereocenters. The Morgan fingerprint density at radius 2 is 2.19 bits per heavy atom. The highest BCUT2D eigenvalue weighted by Gasteiger charge is 2.19. The maximum atomic E-state index is 5.49. The van der Waals surface area contributed by atoms with Crippen molar-refractivity contribution in [1.82, 2.24) is 9.78 Å². The van der Waals surface area contributed by atoms with E-state index in [-0.39, 0.29) is 0 Å². The Labute approximate surface area is 126 Å². The first-order chi connectivity index (χ1) is 10.1. The minimum atomic E-state index is 0.304. The quantitative estimate of drug-likeness (QED) is 0.930. The highest BCUT2D eigenvalue weighted by molar-refractivity contribution is 5.71. The van der Waals surface area contributed by atoms with Crippen LogP contribution >= 0.6 is 0 Å². The minimum Gasteiger partial charge on any atom is -0.493 e. The van der Waals surface area contributed by atoms with Gasteiger partial charge in [0.25, 0.3) is 0 Å². The standard InChI is InChI=1S/C17H23N3O/c1-11(2)20-17(16(21-4)10-18-20)14-7-8-15-13(9-14)6-5-12(3)19-15/h7-12,19H,5-6H2,1-4H3. The number of ether oxygens (including phenoxy) is 1. The number of methoxy groups -OCH3 is 1. The lowest BCUT2D eigenvalue weighted by Crippen LogP contribution is -2.21. The van der Waals surface area contributed by atoms with Crippen molar-refractivity contribution in [3.63, 3.8) is 0 Å². The maximum Gasteiger partial charge on any atom is 0.164 e. The number of fused-ring (bicyclic) bond motifs is 1. The largest absolute Gasteiger partial charge is 0.493 e. The topological polar surface area (TPSA) is 39.1 Å². The molecule has 1 atom stereocenters. The van der Waals surface area contributed by atoms with Crippen molar-refractivity contribution in [2.24, 2.45) is 0 Å². The molecule has 4 heteroatoms. The monoisotopic (exact) mass is 285 g/mol. The zero-order valence-electron chi connectivity index (χ0n) is 13.2. The van der Waals surface area contributed by atoms with Crippen LogP contribution < -0.4 is 10.1 Å². The van der Waals surface area contributed by atoms with Crippen LogP contribution in [0, 0.1) is 0 Å². The van der Waals surface area contributed by atoms with Gasteiger partial charge < -0.3 is 10.1 Å². The van der Waals surface area contributed by atoms with Crippen LogP contribution in [0.3, 0.4) is 0 Å². The minimum absolute atomic E-state index is 0.304. The normalized spacial score (nSPS) is 17.5. The summed E-state index contributed by atoms with van der Waals surface area (Å²) in [5, 5.41) is 8.01. The summed E-state index contributed by atoms with van der Waals surface area (Å²) in [5.74, 6) is 0.834. The molecule has 0 saturated carbocycles. The second kappa shape index (κ2) is 5.43. The van der Waals surface area contributed by atoms with Gasteiger partial charge in [0, 0.05) is 23.3 Å². The molecule has 1 aliphatic rings. The molecule has 0 bridgehead atoms. The van der Waals surface area contributed by atoms with Gasteiger partial charge in [-0.15, -0.1) is 0 Å². The fraction of sp³-hybridized carbons (Fsp3) is 0.471. The van der Waals surface area contributed by atoms with Gasteiger partial charge in [-0.1, -0.05) is 6.07 Å². The number of aryl methyl sites for hydroxylation is 1. The molecule has 0 saturated heterocycles. The first-order valence-corrected chi connectivity index (χ1v) is 7.61. The van der Waals surface area contributed by atoms with Crippen molar-refractivity contribution < 1.29 is 4.74 Å². The Hall–Kier alpha value is -1.97. The van der Waals surface area contributed by atoms with Crippen LogP contribution in [0.15, 0.2) is 24.4 Å².